The maximum atomic E-state index is 9.78. The molecule has 43 heavy (non-hydrogen) atoms. The Morgan fingerprint density at radius 3 is 2.63 bits per heavy atom. The van der Waals surface area contributed by atoms with E-state index in [1.165, 1.54) is 12.0 Å². The average molecular weight is 581 g/mol. The molecule has 4 fully saturated rings. The molecule has 0 aliphatic carbocycles. The van der Waals surface area contributed by atoms with Crippen LogP contribution in [0.5, 0.6) is 11.6 Å². The molecule has 4 saturated heterocycles. The van der Waals surface area contributed by atoms with Gasteiger partial charge in [-0.2, -0.15) is 10.4 Å². The molecular weight excluding hydrogens is 544 g/mol. The maximum Gasteiger partial charge on any atom is 0.212 e. The lowest BCUT2D eigenvalue weighted by molar-refractivity contribution is 0.0322. The number of piperidine rings is 2. The molecule has 2 bridgehead atoms. The Bertz CT molecular complexity index is 1590. The number of ether oxygens (including phenoxy) is 3. The number of hydrogen-bond donors (Lipinski definition) is 0. The molecule has 2 atom stereocenters. The van der Waals surface area contributed by atoms with Crippen molar-refractivity contribution in [1.82, 2.24) is 29.4 Å². The predicted octanol–water partition coefficient (Wildman–Crippen LogP) is 3.24. The number of rotatable bonds is 9. The number of methoxy groups -OCH3 is 1. The van der Waals surface area contributed by atoms with Gasteiger partial charge in [0.05, 0.1) is 43.8 Å². The summed E-state index contributed by atoms with van der Waals surface area (Å²) < 4.78 is 18.6. The van der Waals surface area contributed by atoms with Crippen LogP contribution in [0.1, 0.15) is 24.0 Å². The summed E-state index contributed by atoms with van der Waals surface area (Å²) in [6.07, 6.45) is 9.64. The molecule has 0 radical (unpaired) electrons. The van der Waals surface area contributed by atoms with Crippen LogP contribution in [-0.2, 0) is 11.3 Å². The molecule has 4 aromatic rings. The van der Waals surface area contributed by atoms with Crippen LogP contribution >= 0.6 is 0 Å². The van der Waals surface area contributed by atoms with Crippen molar-refractivity contribution in [3.63, 3.8) is 0 Å². The summed E-state index contributed by atoms with van der Waals surface area (Å²) in [7, 11) is 1.64. The first-order valence-electron chi connectivity index (χ1n) is 15.0. The zero-order valence-corrected chi connectivity index (χ0v) is 24.4. The van der Waals surface area contributed by atoms with E-state index in [1.807, 2.05) is 30.7 Å². The summed E-state index contributed by atoms with van der Waals surface area (Å²) in [5.74, 6) is 2.35. The smallest absolute Gasteiger partial charge is 0.212 e. The van der Waals surface area contributed by atoms with Gasteiger partial charge in [-0.25, -0.2) is 14.5 Å². The van der Waals surface area contributed by atoms with Gasteiger partial charge in [0.15, 0.2) is 0 Å². The van der Waals surface area contributed by atoms with Crippen molar-refractivity contribution >= 4 is 11.3 Å². The zero-order chi connectivity index (χ0) is 29.2. The molecule has 0 amide bonds. The van der Waals surface area contributed by atoms with Gasteiger partial charge in [0.2, 0.25) is 5.88 Å². The second kappa shape index (κ2) is 12.2. The number of piperazine rings is 1. The fraction of sp³-hybridized carbons (Fsp3) is 0.438. The summed E-state index contributed by atoms with van der Waals surface area (Å²) in [5.41, 5.74) is 4.31. The van der Waals surface area contributed by atoms with Gasteiger partial charge in [-0.3, -0.25) is 9.80 Å². The highest BCUT2D eigenvalue weighted by atomic mass is 16.5. The summed E-state index contributed by atoms with van der Waals surface area (Å²) in [6, 6.07) is 13.4. The van der Waals surface area contributed by atoms with Gasteiger partial charge in [-0.1, -0.05) is 6.07 Å². The van der Waals surface area contributed by atoms with Crippen molar-refractivity contribution in [2.75, 3.05) is 64.6 Å². The number of nitriles is 1. The highest BCUT2D eigenvalue weighted by Gasteiger charge is 2.39. The van der Waals surface area contributed by atoms with Crippen LogP contribution in [-0.4, -0.2) is 101 Å². The molecule has 11 heteroatoms. The van der Waals surface area contributed by atoms with E-state index in [0.717, 1.165) is 81.4 Å². The predicted molar refractivity (Wildman–Crippen MR) is 161 cm³/mol. The standard InChI is InChI=1S/C32H36N8O3/c1-41-31-7-2-23(16-35-31)19-38-20-27-5-4-26(38)21-39(27)30-6-3-24(17-34-30)29-14-28(22-40-32(29)25(15-33)18-36-40)43-13-10-37-8-11-42-12-9-37/h2-3,6-7,14,16-18,22,26-27H,4-5,8-13,19-21H2,1H3. The Morgan fingerprint density at radius 1 is 1.02 bits per heavy atom. The van der Waals surface area contributed by atoms with Crippen LogP contribution < -0.4 is 14.4 Å². The quantitative estimate of drug-likeness (QED) is 0.293. The molecule has 8 rings (SSSR count). The minimum atomic E-state index is 0.421. The third kappa shape index (κ3) is 5.73. The third-order valence-corrected chi connectivity index (χ3v) is 8.88. The SMILES string of the molecule is COc1ccc(CN2CC3CCC2CN3c2ccc(-c3cc(OCCN4CCOCC4)cn4ncc(C#N)c34)cn2)cn1. The molecule has 0 spiro atoms. The molecule has 8 heterocycles. The second-order valence-electron chi connectivity index (χ2n) is 11.4. The molecule has 222 valence electrons. The molecule has 0 aromatic carbocycles. The second-order valence-corrected chi connectivity index (χ2v) is 11.4. The van der Waals surface area contributed by atoms with Crippen LogP contribution in [0.25, 0.3) is 16.6 Å². The molecule has 0 saturated carbocycles. The number of fused-ring (bicyclic) bond motifs is 4. The molecule has 4 aliphatic rings. The van der Waals surface area contributed by atoms with E-state index >= 15 is 0 Å². The van der Waals surface area contributed by atoms with Crippen molar-refractivity contribution in [1.29, 1.82) is 5.26 Å². The number of nitrogens with zero attached hydrogens (tertiary/aromatic N) is 8. The molecular formula is C32H36N8O3. The maximum absolute atomic E-state index is 9.78. The molecule has 0 N–H and O–H groups in total. The largest absolute Gasteiger partial charge is 0.491 e. The summed E-state index contributed by atoms with van der Waals surface area (Å²) in [6.45, 7) is 7.64. The fourth-order valence-electron chi connectivity index (χ4n) is 6.56. The van der Waals surface area contributed by atoms with Gasteiger partial charge in [0.1, 0.15) is 24.2 Å². The number of anilines is 1. The molecule has 11 nitrogen and oxygen atoms in total. The fourth-order valence-corrected chi connectivity index (χ4v) is 6.56. The van der Waals surface area contributed by atoms with Crippen molar-refractivity contribution < 1.29 is 14.2 Å². The van der Waals surface area contributed by atoms with Gasteiger partial charge in [0.25, 0.3) is 0 Å². The van der Waals surface area contributed by atoms with Crippen molar-refractivity contribution in [3.05, 3.63) is 66.2 Å². The summed E-state index contributed by atoms with van der Waals surface area (Å²) in [5, 5.41) is 14.2. The topological polar surface area (TPSA) is 104 Å². The van der Waals surface area contributed by atoms with E-state index in [9.17, 15) is 5.26 Å². The van der Waals surface area contributed by atoms with E-state index < -0.39 is 0 Å². The molecule has 4 aliphatic heterocycles. The lowest BCUT2D eigenvalue weighted by atomic mass is 9.90. The third-order valence-electron chi connectivity index (χ3n) is 8.88. The van der Waals surface area contributed by atoms with Crippen LogP contribution in [0.4, 0.5) is 5.82 Å². The molecule has 2 unspecified atom stereocenters. The van der Waals surface area contributed by atoms with Crippen molar-refractivity contribution in [2.24, 2.45) is 0 Å². The number of aromatic nitrogens is 4. The first kappa shape index (κ1) is 27.6. The van der Waals surface area contributed by atoms with Crippen LogP contribution in [0, 0.1) is 11.3 Å². The molecule has 4 aromatic heterocycles. The van der Waals surface area contributed by atoms with Crippen molar-refractivity contribution in [2.45, 2.75) is 31.5 Å². The van der Waals surface area contributed by atoms with Gasteiger partial charge in [-0.15, -0.1) is 0 Å². The van der Waals surface area contributed by atoms with E-state index in [1.54, 1.807) is 17.8 Å². The van der Waals surface area contributed by atoms with E-state index in [-0.39, 0.29) is 0 Å². The monoisotopic (exact) mass is 580 g/mol. The van der Waals surface area contributed by atoms with E-state index in [4.69, 9.17) is 19.2 Å². The normalized spacial score (nSPS) is 20.8. The van der Waals surface area contributed by atoms with Gasteiger partial charge >= 0.3 is 0 Å². The number of hydrogen-bond acceptors (Lipinski definition) is 10. The van der Waals surface area contributed by atoms with Gasteiger partial charge in [0, 0.05) is 80.9 Å². The Balaban J connectivity index is 1.07. The lowest BCUT2D eigenvalue weighted by Crippen LogP contribution is -2.62. The summed E-state index contributed by atoms with van der Waals surface area (Å²) >= 11 is 0. The zero-order valence-electron chi connectivity index (χ0n) is 24.4. The van der Waals surface area contributed by atoms with Crippen LogP contribution in [0.2, 0.25) is 0 Å². The Labute approximate surface area is 251 Å². The highest BCUT2D eigenvalue weighted by molar-refractivity contribution is 5.85. The Kier molecular flexibility index (Phi) is 7.80. The minimum Gasteiger partial charge on any atom is -0.491 e. The van der Waals surface area contributed by atoms with Gasteiger partial charge in [-0.05, 0) is 36.6 Å². The number of morpholine rings is 1. The Morgan fingerprint density at radius 2 is 1.91 bits per heavy atom. The van der Waals surface area contributed by atoms with Crippen molar-refractivity contribution in [3.8, 4) is 28.8 Å². The summed E-state index contributed by atoms with van der Waals surface area (Å²) in [4.78, 5) is 16.7. The first-order chi connectivity index (χ1) is 21.2. The minimum absolute atomic E-state index is 0.421. The van der Waals surface area contributed by atoms with Crippen LogP contribution in [0.15, 0.2) is 55.1 Å². The van der Waals surface area contributed by atoms with Gasteiger partial charge < -0.3 is 19.1 Å². The lowest BCUT2D eigenvalue weighted by Gasteiger charge is -2.52. The first-order valence-corrected chi connectivity index (χ1v) is 15.0. The number of pyridine rings is 3. The highest BCUT2D eigenvalue weighted by Crippen LogP contribution is 2.35. The van der Waals surface area contributed by atoms with Crippen LogP contribution in [0.3, 0.4) is 0 Å². The average Bonchev–Trinajstić information content (AvgIpc) is 3.49. The van der Waals surface area contributed by atoms with E-state index in [0.29, 0.717) is 35.9 Å². The Hall–Kier alpha value is -4.24. The van der Waals surface area contributed by atoms with E-state index in [2.05, 4.69) is 49.1 Å².